The Morgan fingerprint density at radius 1 is 1.08 bits per heavy atom. The molecule has 1 amide bonds. The van der Waals surface area contributed by atoms with Gasteiger partial charge in [-0.3, -0.25) is 4.79 Å². The van der Waals surface area contributed by atoms with Crippen LogP contribution in [0.1, 0.15) is 46.6 Å². The molecule has 3 rings (SSSR count). The van der Waals surface area contributed by atoms with Gasteiger partial charge in [0.05, 0.1) is 0 Å². The van der Waals surface area contributed by atoms with E-state index in [4.69, 9.17) is 16.3 Å². The van der Waals surface area contributed by atoms with Crippen LogP contribution in [0.2, 0.25) is 5.28 Å². The topological polar surface area (TPSA) is 118 Å². The molecule has 0 aliphatic rings. The Labute approximate surface area is 232 Å². The molecule has 39 heavy (non-hydrogen) atoms. The van der Waals surface area contributed by atoms with Crippen molar-refractivity contribution in [2.24, 2.45) is 0 Å². The number of aromatic nitrogens is 5. The van der Waals surface area contributed by atoms with E-state index in [2.05, 4.69) is 35.8 Å². The molecule has 0 bridgehead atoms. The number of nitrogens with one attached hydrogen (secondary N) is 2. The molecule has 10 nitrogen and oxygen atoms in total. The number of ether oxygens (including phenoxy) is 1. The van der Waals surface area contributed by atoms with Crippen LogP contribution in [0.5, 0.6) is 5.19 Å². The van der Waals surface area contributed by atoms with E-state index in [1.165, 1.54) is 29.2 Å². The molecule has 2 N–H and O–H groups in total. The molecule has 0 aliphatic carbocycles. The molecule has 16 heteroatoms. The summed E-state index contributed by atoms with van der Waals surface area (Å²) in [6.07, 6.45) is -4.61. The Balaban J connectivity index is 0.000000306. The second-order valence-corrected chi connectivity index (χ2v) is 10.4. The van der Waals surface area contributed by atoms with Crippen molar-refractivity contribution in [3.05, 3.63) is 40.4 Å². The molecule has 0 saturated carbocycles. The lowest BCUT2D eigenvalue weighted by Gasteiger charge is -2.26. The summed E-state index contributed by atoms with van der Waals surface area (Å²) in [5.74, 6) is 0.0303. The lowest BCUT2D eigenvalue weighted by molar-refractivity contribution is -0.138. The molecule has 1 aromatic carbocycles. The van der Waals surface area contributed by atoms with Crippen LogP contribution in [-0.2, 0) is 11.0 Å². The summed E-state index contributed by atoms with van der Waals surface area (Å²) in [6, 6.07) is 5.02. The minimum absolute atomic E-state index is 0.103. The highest BCUT2D eigenvalue weighted by atomic mass is 35.5. The maximum absolute atomic E-state index is 13.0. The fourth-order valence-corrected chi connectivity index (χ4v) is 3.61. The number of benzene rings is 1. The predicted octanol–water partition coefficient (Wildman–Crippen LogP) is 5.68. The molecule has 2 heterocycles. The van der Waals surface area contributed by atoms with Gasteiger partial charge in [-0.2, -0.15) is 28.1 Å². The monoisotopic (exact) mass is 592 g/mol. The SMILES string of the molecule is CC(C)N(C(=O)COc1nnc(C(F)(F)F)s1)c1ccc(F)cc1.CCNc1nc(Cl)nc(NC(C)(C)C)n1. The minimum atomic E-state index is -4.61. The van der Waals surface area contributed by atoms with Crippen LogP contribution < -0.4 is 20.3 Å². The zero-order valence-corrected chi connectivity index (χ0v) is 23.7. The first-order chi connectivity index (χ1) is 18.1. The standard InChI is InChI=1S/C14H13F4N3O2S.C9H16ClN5/c1-8(2)21(10-5-3-9(15)4-6-10)11(22)7-23-13-20-19-12(24-13)14(16,17)18;1-5-11-7-12-6(10)13-8(14-7)15-9(2,3)4/h3-6,8H,7H2,1-2H3;5H2,1-4H3,(H2,11,12,13,14,15). The normalized spacial score (nSPS) is 11.5. The molecule has 2 aromatic heterocycles. The third-order valence-electron chi connectivity index (χ3n) is 4.29. The van der Waals surface area contributed by atoms with Crippen LogP contribution >= 0.6 is 22.9 Å². The van der Waals surface area contributed by atoms with Crippen LogP contribution in [0.3, 0.4) is 0 Å². The van der Waals surface area contributed by atoms with E-state index in [9.17, 15) is 22.4 Å². The van der Waals surface area contributed by atoms with Gasteiger partial charge in [-0.25, -0.2) is 4.39 Å². The van der Waals surface area contributed by atoms with Crippen LogP contribution in [0, 0.1) is 5.82 Å². The summed E-state index contributed by atoms with van der Waals surface area (Å²) in [6.45, 7) is 11.8. The van der Waals surface area contributed by atoms with Crippen LogP contribution in [0.15, 0.2) is 24.3 Å². The van der Waals surface area contributed by atoms with E-state index in [1.54, 1.807) is 13.8 Å². The van der Waals surface area contributed by atoms with Crippen LogP contribution in [0.25, 0.3) is 0 Å². The van der Waals surface area contributed by atoms with Crippen molar-refractivity contribution in [1.82, 2.24) is 25.1 Å². The number of hydrogen-bond donors (Lipinski definition) is 2. The fraction of sp³-hybridized carbons (Fsp3) is 0.478. The Morgan fingerprint density at radius 3 is 2.21 bits per heavy atom. The fourth-order valence-electron chi connectivity index (χ4n) is 2.89. The van der Waals surface area contributed by atoms with E-state index in [1.807, 2.05) is 27.7 Å². The van der Waals surface area contributed by atoms with Gasteiger partial charge in [0.25, 0.3) is 11.1 Å². The quantitative estimate of drug-likeness (QED) is 0.318. The van der Waals surface area contributed by atoms with Crippen molar-refractivity contribution >= 4 is 46.4 Å². The highest BCUT2D eigenvalue weighted by Crippen LogP contribution is 2.34. The van der Waals surface area contributed by atoms with E-state index in [0.717, 1.165) is 6.54 Å². The molecule has 0 aliphatic heterocycles. The molecule has 0 unspecified atom stereocenters. The van der Waals surface area contributed by atoms with Crippen LogP contribution in [-0.4, -0.2) is 55.8 Å². The van der Waals surface area contributed by atoms with E-state index < -0.39 is 29.5 Å². The second-order valence-electron chi connectivity index (χ2n) is 9.15. The maximum Gasteiger partial charge on any atom is 0.445 e. The van der Waals surface area contributed by atoms with Crippen molar-refractivity contribution in [2.45, 2.75) is 59.3 Å². The average Bonchev–Trinajstić information content (AvgIpc) is 3.28. The summed E-state index contributed by atoms with van der Waals surface area (Å²) < 4.78 is 55.3. The first kappa shape index (κ1) is 31.9. The largest absolute Gasteiger partial charge is 0.459 e. The van der Waals surface area contributed by atoms with E-state index >= 15 is 0 Å². The number of anilines is 3. The van der Waals surface area contributed by atoms with Crippen LogP contribution in [0.4, 0.5) is 35.1 Å². The predicted molar refractivity (Wildman–Crippen MR) is 142 cm³/mol. The van der Waals surface area contributed by atoms with Gasteiger partial charge in [0.1, 0.15) is 5.82 Å². The van der Waals surface area contributed by atoms with Crippen molar-refractivity contribution in [1.29, 1.82) is 0 Å². The van der Waals surface area contributed by atoms with Crippen molar-refractivity contribution in [2.75, 3.05) is 28.7 Å². The number of halogens is 5. The molecule has 0 spiro atoms. The van der Waals surface area contributed by atoms with E-state index in [0.29, 0.717) is 17.6 Å². The van der Waals surface area contributed by atoms with Gasteiger partial charge in [-0.05, 0) is 77.4 Å². The Hall–Kier alpha value is -3.33. The summed E-state index contributed by atoms with van der Waals surface area (Å²) in [5, 5.41) is 11.0. The Bertz CT molecular complexity index is 1220. The molecule has 3 aromatic rings. The highest BCUT2D eigenvalue weighted by molar-refractivity contribution is 7.13. The molecule has 214 valence electrons. The number of carbonyl (C=O) groups excluding carboxylic acids is 1. The average molecular weight is 593 g/mol. The molecule has 0 atom stereocenters. The molecule has 0 saturated heterocycles. The smallest absolute Gasteiger partial charge is 0.445 e. The summed E-state index contributed by atoms with van der Waals surface area (Å²) in [5.41, 5.74) is 0.349. The lowest BCUT2D eigenvalue weighted by Crippen LogP contribution is -2.40. The van der Waals surface area contributed by atoms with Gasteiger partial charge in [0.2, 0.25) is 22.2 Å². The third-order valence-corrected chi connectivity index (χ3v) is 5.34. The Morgan fingerprint density at radius 2 is 1.69 bits per heavy atom. The molecular formula is C23H29ClF4N8O2S. The van der Waals surface area contributed by atoms with Crippen molar-refractivity contribution in [3.63, 3.8) is 0 Å². The zero-order chi connectivity index (χ0) is 29.4. The van der Waals surface area contributed by atoms with Gasteiger partial charge in [0.15, 0.2) is 6.61 Å². The second kappa shape index (κ2) is 13.6. The van der Waals surface area contributed by atoms with Crippen molar-refractivity contribution in [3.8, 4) is 5.19 Å². The summed E-state index contributed by atoms with van der Waals surface area (Å²) in [7, 11) is 0. The van der Waals surface area contributed by atoms with Crippen molar-refractivity contribution < 1.29 is 27.1 Å². The zero-order valence-electron chi connectivity index (χ0n) is 22.1. The minimum Gasteiger partial charge on any atom is -0.459 e. The third kappa shape index (κ3) is 10.8. The summed E-state index contributed by atoms with van der Waals surface area (Å²) >= 11 is 5.98. The molecule has 0 radical (unpaired) electrons. The number of hydrogen-bond acceptors (Lipinski definition) is 10. The van der Waals surface area contributed by atoms with E-state index in [-0.39, 0.29) is 33.4 Å². The van der Waals surface area contributed by atoms with Gasteiger partial charge >= 0.3 is 6.18 Å². The molecular weight excluding hydrogens is 564 g/mol. The lowest BCUT2D eigenvalue weighted by atomic mass is 10.1. The van der Waals surface area contributed by atoms with Gasteiger partial charge in [-0.15, -0.1) is 5.10 Å². The number of alkyl halides is 3. The number of nitrogens with zero attached hydrogens (tertiary/aromatic N) is 6. The summed E-state index contributed by atoms with van der Waals surface area (Å²) in [4.78, 5) is 25.8. The van der Waals surface area contributed by atoms with Gasteiger partial charge in [0, 0.05) is 23.8 Å². The first-order valence-electron chi connectivity index (χ1n) is 11.6. The Kier molecular flexibility index (Phi) is 11.2. The highest BCUT2D eigenvalue weighted by Gasteiger charge is 2.36. The van der Waals surface area contributed by atoms with Gasteiger partial charge < -0.3 is 20.3 Å². The maximum atomic E-state index is 13.0. The molecule has 0 fully saturated rings. The first-order valence-corrected chi connectivity index (χ1v) is 12.8. The number of rotatable bonds is 8. The number of carbonyl (C=O) groups is 1. The van der Waals surface area contributed by atoms with Gasteiger partial charge in [-0.1, -0.05) is 16.4 Å². The number of amides is 1.